The van der Waals surface area contributed by atoms with Crippen molar-refractivity contribution in [3.05, 3.63) is 0 Å². The zero-order chi connectivity index (χ0) is 13.1. The second kappa shape index (κ2) is 5.46. The molecule has 1 rings (SSSR count). The summed E-state index contributed by atoms with van der Waals surface area (Å²) in [7, 11) is 0. The molecule has 17 heavy (non-hydrogen) atoms. The Kier molecular flexibility index (Phi) is 4.47. The third kappa shape index (κ3) is 3.67. The van der Waals surface area contributed by atoms with Gasteiger partial charge >= 0.3 is 5.97 Å². The Morgan fingerprint density at radius 3 is 2.71 bits per heavy atom. The third-order valence-corrected chi connectivity index (χ3v) is 2.54. The fourth-order valence-corrected chi connectivity index (χ4v) is 1.73. The van der Waals surface area contributed by atoms with Gasteiger partial charge in [0.25, 0.3) is 5.91 Å². The van der Waals surface area contributed by atoms with Crippen molar-refractivity contribution < 1.29 is 19.1 Å². The topological polar surface area (TPSA) is 81.9 Å². The van der Waals surface area contributed by atoms with Gasteiger partial charge in [-0.2, -0.15) is 0 Å². The fraction of sp³-hybridized carbons (Fsp3) is 0.818. The summed E-state index contributed by atoms with van der Waals surface area (Å²) in [5.74, 6) is -1.08. The van der Waals surface area contributed by atoms with Crippen molar-refractivity contribution >= 4 is 11.9 Å². The number of hydrogen-bond donors (Lipinski definition) is 1. The number of morpholine rings is 1. The predicted molar refractivity (Wildman–Crippen MR) is 61.2 cm³/mol. The smallest absolute Gasteiger partial charge is 0.332 e. The van der Waals surface area contributed by atoms with E-state index in [1.807, 2.05) is 13.8 Å². The van der Waals surface area contributed by atoms with E-state index in [2.05, 4.69) is 0 Å². The molecule has 0 aliphatic carbocycles. The van der Waals surface area contributed by atoms with Crippen molar-refractivity contribution in [3.8, 4) is 0 Å². The summed E-state index contributed by atoms with van der Waals surface area (Å²) in [5, 5.41) is 0. The number of esters is 1. The van der Waals surface area contributed by atoms with Crippen LogP contribution in [0.4, 0.5) is 0 Å². The lowest BCUT2D eigenvalue weighted by molar-refractivity contribution is -0.157. The Hall–Kier alpha value is -1.14. The fourth-order valence-electron chi connectivity index (χ4n) is 1.73. The molecular weight excluding hydrogens is 224 g/mol. The number of rotatable bonds is 3. The molecule has 1 atom stereocenters. The minimum atomic E-state index is -1.23. The van der Waals surface area contributed by atoms with Gasteiger partial charge in [-0.15, -0.1) is 0 Å². The minimum Gasteiger partial charge on any atom is -0.464 e. The first-order valence-electron chi connectivity index (χ1n) is 5.72. The molecule has 1 amide bonds. The second-order valence-corrected chi connectivity index (χ2v) is 4.60. The summed E-state index contributed by atoms with van der Waals surface area (Å²) in [5.41, 5.74) is 5.16. The monoisotopic (exact) mass is 244 g/mol. The Bertz CT molecular complexity index is 304. The molecule has 1 aliphatic heterocycles. The maximum absolute atomic E-state index is 11.9. The first-order valence-corrected chi connectivity index (χ1v) is 5.72. The molecule has 0 spiro atoms. The molecule has 0 bridgehead atoms. The average Bonchev–Trinajstić information content (AvgIpc) is 2.26. The van der Waals surface area contributed by atoms with Crippen molar-refractivity contribution in [1.82, 2.24) is 4.90 Å². The van der Waals surface area contributed by atoms with Crippen LogP contribution < -0.4 is 5.73 Å². The molecule has 6 heteroatoms. The number of hydrogen-bond acceptors (Lipinski definition) is 5. The van der Waals surface area contributed by atoms with Crippen LogP contribution in [0.3, 0.4) is 0 Å². The van der Waals surface area contributed by atoms with Gasteiger partial charge < -0.3 is 20.1 Å². The minimum absolute atomic E-state index is 0.217. The van der Waals surface area contributed by atoms with Crippen LogP contribution in [-0.2, 0) is 19.1 Å². The van der Waals surface area contributed by atoms with Gasteiger partial charge in [0.05, 0.1) is 18.8 Å². The van der Waals surface area contributed by atoms with Crippen molar-refractivity contribution in [3.63, 3.8) is 0 Å². The standard InChI is InChI=1S/C11H20N2O4/c1-4-16-10(15)8(12)9(14)13-5-6-17-11(2,3)7-13/h8H,4-7,12H2,1-3H3. The van der Waals surface area contributed by atoms with Crippen LogP contribution in [0.1, 0.15) is 20.8 Å². The molecule has 98 valence electrons. The van der Waals surface area contributed by atoms with Gasteiger partial charge in [0.1, 0.15) is 0 Å². The van der Waals surface area contributed by atoms with Crippen LogP contribution in [0.25, 0.3) is 0 Å². The molecule has 1 saturated heterocycles. The van der Waals surface area contributed by atoms with Crippen molar-refractivity contribution in [2.24, 2.45) is 5.73 Å². The van der Waals surface area contributed by atoms with Gasteiger partial charge in [-0.1, -0.05) is 0 Å². The summed E-state index contributed by atoms with van der Waals surface area (Å²) in [6.07, 6.45) is 0. The zero-order valence-electron chi connectivity index (χ0n) is 10.6. The summed E-state index contributed by atoms with van der Waals surface area (Å²) in [4.78, 5) is 24.9. The van der Waals surface area contributed by atoms with Gasteiger partial charge in [0, 0.05) is 13.1 Å². The maximum Gasteiger partial charge on any atom is 0.332 e. The highest BCUT2D eigenvalue weighted by molar-refractivity contribution is 6.01. The molecule has 1 fully saturated rings. The van der Waals surface area contributed by atoms with Crippen LogP contribution in [-0.4, -0.2) is 54.7 Å². The van der Waals surface area contributed by atoms with E-state index >= 15 is 0 Å². The van der Waals surface area contributed by atoms with Crippen molar-refractivity contribution in [2.75, 3.05) is 26.3 Å². The number of carbonyl (C=O) groups excluding carboxylic acids is 2. The van der Waals surface area contributed by atoms with Gasteiger partial charge in [-0.05, 0) is 20.8 Å². The van der Waals surface area contributed by atoms with E-state index in [0.29, 0.717) is 19.7 Å². The first kappa shape index (κ1) is 13.9. The summed E-state index contributed by atoms with van der Waals surface area (Å²) < 4.78 is 10.2. The van der Waals surface area contributed by atoms with Gasteiger partial charge in [0.2, 0.25) is 0 Å². The molecule has 0 aromatic rings. The van der Waals surface area contributed by atoms with E-state index in [1.165, 1.54) is 0 Å². The Morgan fingerprint density at radius 1 is 1.53 bits per heavy atom. The Balaban J connectivity index is 2.60. The van der Waals surface area contributed by atoms with E-state index in [0.717, 1.165) is 0 Å². The highest BCUT2D eigenvalue weighted by Gasteiger charge is 2.34. The summed E-state index contributed by atoms with van der Waals surface area (Å²) >= 11 is 0. The lowest BCUT2D eigenvalue weighted by Gasteiger charge is -2.38. The van der Waals surface area contributed by atoms with Crippen LogP contribution in [0.2, 0.25) is 0 Å². The molecule has 0 radical (unpaired) electrons. The number of ether oxygens (including phenoxy) is 2. The molecule has 0 saturated carbocycles. The van der Waals surface area contributed by atoms with E-state index in [9.17, 15) is 9.59 Å². The highest BCUT2D eigenvalue weighted by atomic mass is 16.5. The largest absolute Gasteiger partial charge is 0.464 e. The van der Waals surface area contributed by atoms with Gasteiger partial charge in [-0.3, -0.25) is 4.79 Å². The van der Waals surface area contributed by atoms with Crippen molar-refractivity contribution in [2.45, 2.75) is 32.4 Å². The molecule has 1 aliphatic rings. The highest BCUT2D eigenvalue weighted by Crippen LogP contribution is 2.16. The quantitative estimate of drug-likeness (QED) is 0.535. The predicted octanol–water partition coefficient (Wildman–Crippen LogP) is -0.486. The Labute approximate surface area is 101 Å². The first-order chi connectivity index (χ1) is 7.87. The molecule has 0 aromatic carbocycles. The summed E-state index contributed by atoms with van der Waals surface area (Å²) in [6, 6.07) is -1.23. The molecular formula is C11H20N2O4. The van der Waals surface area contributed by atoms with Crippen molar-refractivity contribution in [1.29, 1.82) is 0 Å². The van der Waals surface area contributed by atoms with Crippen LogP contribution in [0, 0.1) is 0 Å². The lowest BCUT2D eigenvalue weighted by Crippen LogP contribution is -2.56. The zero-order valence-corrected chi connectivity index (χ0v) is 10.6. The SMILES string of the molecule is CCOC(=O)C(N)C(=O)N1CCOC(C)(C)C1. The molecule has 6 nitrogen and oxygen atoms in total. The number of carbonyl (C=O) groups is 2. The van der Waals surface area contributed by atoms with E-state index in [1.54, 1.807) is 11.8 Å². The van der Waals surface area contributed by atoms with Crippen LogP contribution in [0.15, 0.2) is 0 Å². The number of nitrogens with two attached hydrogens (primary N) is 1. The maximum atomic E-state index is 11.9. The van der Waals surface area contributed by atoms with Crippen LogP contribution >= 0.6 is 0 Å². The Morgan fingerprint density at radius 2 is 2.18 bits per heavy atom. The lowest BCUT2D eigenvalue weighted by atomic mass is 10.1. The molecule has 2 N–H and O–H groups in total. The van der Waals surface area contributed by atoms with E-state index < -0.39 is 23.5 Å². The second-order valence-electron chi connectivity index (χ2n) is 4.60. The number of nitrogens with zero attached hydrogens (tertiary/aromatic N) is 1. The van der Waals surface area contributed by atoms with Crippen LogP contribution in [0.5, 0.6) is 0 Å². The third-order valence-electron chi connectivity index (χ3n) is 2.54. The van der Waals surface area contributed by atoms with Gasteiger partial charge in [-0.25, -0.2) is 4.79 Å². The normalized spacial score (nSPS) is 20.8. The number of amides is 1. The molecule has 0 aromatic heterocycles. The molecule has 1 heterocycles. The molecule has 1 unspecified atom stereocenters. The average molecular weight is 244 g/mol. The van der Waals surface area contributed by atoms with E-state index in [-0.39, 0.29) is 6.61 Å². The summed E-state index contributed by atoms with van der Waals surface area (Å²) in [6.45, 7) is 7.01. The van der Waals surface area contributed by atoms with Gasteiger partial charge in [0.15, 0.2) is 6.04 Å². The van der Waals surface area contributed by atoms with E-state index in [4.69, 9.17) is 15.2 Å².